The van der Waals surface area contributed by atoms with Gasteiger partial charge in [0.2, 0.25) is 0 Å². The average molecular weight is 466 g/mol. The third-order valence-corrected chi connectivity index (χ3v) is 7.55. The van der Waals surface area contributed by atoms with Crippen molar-refractivity contribution in [3.05, 3.63) is 69.9 Å². The van der Waals surface area contributed by atoms with Crippen molar-refractivity contribution >= 4 is 34.4 Å². The van der Waals surface area contributed by atoms with Gasteiger partial charge >= 0.3 is 11.9 Å². The van der Waals surface area contributed by atoms with Gasteiger partial charge in [0, 0.05) is 33.5 Å². The predicted molar refractivity (Wildman–Crippen MR) is 129 cm³/mol. The van der Waals surface area contributed by atoms with Crippen LogP contribution in [0.25, 0.3) is 10.9 Å². The van der Waals surface area contributed by atoms with Crippen LogP contribution in [0.3, 0.4) is 0 Å². The first kappa shape index (κ1) is 22.0. The van der Waals surface area contributed by atoms with Gasteiger partial charge in [-0.2, -0.15) is 0 Å². The molecule has 1 aromatic carbocycles. The standard InChI is InChI=1S/C27H28ClNO4/c1-32-26(30)17-8-10-22-23(14-17)29-15-19(27(31)33-2)12-18-13-20(28)9-11-21(18)25(29)24(22)16-6-4-3-5-7-16/h8-14,16,18,21H,3-7,15H2,1-2H3. The minimum Gasteiger partial charge on any atom is -0.466 e. The van der Waals surface area contributed by atoms with Crippen LogP contribution in [0.1, 0.15) is 65.6 Å². The van der Waals surface area contributed by atoms with Gasteiger partial charge in [-0.1, -0.05) is 55.2 Å². The van der Waals surface area contributed by atoms with Crippen molar-refractivity contribution in [2.24, 2.45) is 5.92 Å². The molecule has 6 heteroatoms. The van der Waals surface area contributed by atoms with Gasteiger partial charge < -0.3 is 14.0 Å². The van der Waals surface area contributed by atoms with E-state index in [0.717, 1.165) is 23.7 Å². The molecule has 3 aliphatic rings. The van der Waals surface area contributed by atoms with Crippen LogP contribution in [0.5, 0.6) is 0 Å². The second-order valence-electron chi connectivity index (χ2n) is 9.14. The number of esters is 2. The maximum absolute atomic E-state index is 12.7. The summed E-state index contributed by atoms with van der Waals surface area (Å²) in [5, 5.41) is 1.83. The van der Waals surface area contributed by atoms with E-state index in [2.05, 4.69) is 16.7 Å². The zero-order valence-electron chi connectivity index (χ0n) is 19.0. The molecule has 5 rings (SSSR count). The molecule has 0 radical (unpaired) electrons. The van der Waals surface area contributed by atoms with Gasteiger partial charge in [0.25, 0.3) is 0 Å². The zero-order chi connectivity index (χ0) is 23.1. The highest BCUT2D eigenvalue weighted by Gasteiger charge is 2.35. The summed E-state index contributed by atoms with van der Waals surface area (Å²) in [6.45, 7) is 0.391. The van der Waals surface area contributed by atoms with Crippen LogP contribution in [-0.4, -0.2) is 30.7 Å². The number of benzene rings is 1. The van der Waals surface area contributed by atoms with Crippen LogP contribution in [0.4, 0.5) is 0 Å². The number of aromatic nitrogens is 1. The minimum absolute atomic E-state index is 0.0374. The van der Waals surface area contributed by atoms with E-state index >= 15 is 0 Å². The van der Waals surface area contributed by atoms with Crippen molar-refractivity contribution < 1.29 is 19.1 Å². The number of halogens is 1. The molecule has 2 atom stereocenters. The summed E-state index contributed by atoms with van der Waals surface area (Å²) in [5.41, 5.74) is 4.63. The van der Waals surface area contributed by atoms with Crippen molar-refractivity contribution in [1.82, 2.24) is 4.57 Å². The summed E-state index contributed by atoms with van der Waals surface area (Å²) in [6.07, 6.45) is 14.1. The summed E-state index contributed by atoms with van der Waals surface area (Å²) < 4.78 is 12.3. The number of hydrogen-bond donors (Lipinski definition) is 0. The van der Waals surface area contributed by atoms with Crippen LogP contribution in [0.15, 0.2) is 53.1 Å². The Hall–Kier alpha value is -2.79. The molecule has 0 bridgehead atoms. The van der Waals surface area contributed by atoms with E-state index in [1.807, 2.05) is 30.4 Å². The molecule has 172 valence electrons. The minimum atomic E-state index is -0.367. The Labute approximate surface area is 198 Å². The Balaban J connectivity index is 1.79. The van der Waals surface area contributed by atoms with Gasteiger partial charge in [-0.05, 0) is 42.5 Å². The van der Waals surface area contributed by atoms with Gasteiger partial charge in [0.05, 0.1) is 31.9 Å². The molecule has 1 saturated carbocycles. The Bertz CT molecular complexity index is 1210. The third kappa shape index (κ3) is 3.82. The molecule has 0 N–H and O–H groups in total. The monoisotopic (exact) mass is 465 g/mol. The number of methoxy groups -OCH3 is 2. The van der Waals surface area contributed by atoms with E-state index < -0.39 is 0 Å². The third-order valence-electron chi connectivity index (χ3n) is 7.29. The van der Waals surface area contributed by atoms with Crippen LogP contribution in [-0.2, 0) is 20.8 Å². The Kier molecular flexibility index (Phi) is 5.92. The lowest BCUT2D eigenvalue weighted by molar-refractivity contribution is -0.136. The van der Waals surface area contributed by atoms with Gasteiger partial charge in [-0.3, -0.25) is 0 Å². The number of hydrogen-bond acceptors (Lipinski definition) is 4. The van der Waals surface area contributed by atoms with E-state index in [1.54, 1.807) is 0 Å². The van der Waals surface area contributed by atoms with Gasteiger partial charge in [-0.15, -0.1) is 0 Å². The Morgan fingerprint density at radius 2 is 1.79 bits per heavy atom. The number of rotatable bonds is 3. The van der Waals surface area contributed by atoms with E-state index in [9.17, 15) is 9.59 Å². The molecule has 0 spiro atoms. The van der Waals surface area contributed by atoms with Crippen molar-refractivity contribution in [1.29, 1.82) is 0 Å². The molecular weight excluding hydrogens is 438 g/mol. The lowest BCUT2D eigenvalue weighted by Crippen LogP contribution is -2.16. The number of allylic oxidation sites excluding steroid dienone is 5. The molecule has 1 aliphatic heterocycles. The molecule has 1 fully saturated rings. The smallest absolute Gasteiger partial charge is 0.337 e. The maximum Gasteiger partial charge on any atom is 0.337 e. The van der Waals surface area contributed by atoms with Crippen molar-refractivity contribution in [2.45, 2.75) is 50.5 Å². The van der Waals surface area contributed by atoms with E-state index in [-0.39, 0.29) is 23.8 Å². The molecule has 5 nitrogen and oxygen atoms in total. The van der Waals surface area contributed by atoms with Gasteiger partial charge in [-0.25, -0.2) is 9.59 Å². The molecular formula is C27H28ClNO4. The molecule has 2 aromatic rings. The second kappa shape index (κ2) is 8.86. The van der Waals surface area contributed by atoms with Crippen molar-refractivity contribution in [3.63, 3.8) is 0 Å². The Morgan fingerprint density at radius 1 is 1.03 bits per heavy atom. The number of nitrogens with zero attached hydrogens (tertiary/aromatic N) is 1. The summed E-state index contributed by atoms with van der Waals surface area (Å²) in [7, 11) is 2.80. The summed E-state index contributed by atoms with van der Waals surface area (Å²) >= 11 is 6.39. The van der Waals surface area contributed by atoms with Crippen LogP contribution >= 0.6 is 11.6 Å². The van der Waals surface area contributed by atoms with E-state index in [4.69, 9.17) is 21.1 Å². The highest BCUT2D eigenvalue weighted by Crippen LogP contribution is 2.48. The largest absolute Gasteiger partial charge is 0.466 e. The van der Waals surface area contributed by atoms with E-state index in [0.29, 0.717) is 28.6 Å². The SMILES string of the molecule is COC(=O)C1=CC2C=C(Cl)C=CC2c2c(C3CCCCC3)c3ccc(C(=O)OC)cc3n2C1. The molecule has 33 heavy (non-hydrogen) atoms. The fourth-order valence-electron chi connectivity index (χ4n) is 5.80. The van der Waals surface area contributed by atoms with Crippen LogP contribution in [0.2, 0.25) is 0 Å². The summed E-state index contributed by atoms with van der Waals surface area (Å²) in [6, 6.07) is 5.81. The molecule has 2 unspecified atom stereocenters. The number of ether oxygens (including phenoxy) is 2. The molecule has 0 amide bonds. The molecule has 2 heterocycles. The molecule has 0 saturated heterocycles. The second-order valence-corrected chi connectivity index (χ2v) is 9.58. The normalized spacial score (nSPS) is 22.6. The quantitative estimate of drug-likeness (QED) is 0.523. The van der Waals surface area contributed by atoms with Crippen LogP contribution in [0, 0.1) is 5.92 Å². The van der Waals surface area contributed by atoms with E-state index in [1.165, 1.54) is 44.7 Å². The van der Waals surface area contributed by atoms with Crippen molar-refractivity contribution in [2.75, 3.05) is 14.2 Å². The fraction of sp³-hybridized carbons (Fsp3) is 0.407. The first-order valence-electron chi connectivity index (χ1n) is 11.6. The number of carbonyl (C=O) groups excluding carboxylic acids is 2. The van der Waals surface area contributed by atoms with Gasteiger partial charge in [0.15, 0.2) is 0 Å². The summed E-state index contributed by atoms with van der Waals surface area (Å²) in [4.78, 5) is 25.0. The number of fused-ring (bicyclic) bond motifs is 5. The average Bonchev–Trinajstić information content (AvgIpc) is 3.06. The molecule has 2 aliphatic carbocycles. The highest BCUT2D eigenvalue weighted by molar-refractivity contribution is 6.31. The first-order chi connectivity index (χ1) is 16.0. The highest BCUT2D eigenvalue weighted by atomic mass is 35.5. The van der Waals surface area contributed by atoms with Gasteiger partial charge in [0.1, 0.15) is 0 Å². The number of carbonyl (C=O) groups is 2. The maximum atomic E-state index is 12.7. The lowest BCUT2D eigenvalue weighted by atomic mass is 9.77. The topological polar surface area (TPSA) is 57.5 Å². The first-order valence-corrected chi connectivity index (χ1v) is 12.0. The molecule has 1 aromatic heterocycles. The zero-order valence-corrected chi connectivity index (χ0v) is 19.7. The van der Waals surface area contributed by atoms with Crippen LogP contribution < -0.4 is 0 Å². The summed E-state index contributed by atoms with van der Waals surface area (Å²) in [5.74, 6) is -0.234. The Morgan fingerprint density at radius 3 is 2.52 bits per heavy atom. The fourth-order valence-corrected chi connectivity index (χ4v) is 6.02. The lowest BCUT2D eigenvalue weighted by Gasteiger charge is -2.28. The van der Waals surface area contributed by atoms with Crippen molar-refractivity contribution in [3.8, 4) is 0 Å². The predicted octanol–water partition coefficient (Wildman–Crippen LogP) is 5.98.